The van der Waals surface area contributed by atoms with Crippen molar-refractivity contribution >= 4 is 5.97 Å². The third-order valence-electron chi connectivity index (χ3n) is 6.79. The minimum atomic E-state index is -4.61. The topological polar surface area (TPSA) is 54.0 Å². The molecule has 1 saturated carbocycles. The third-order valence-corrected chi connectivity index (χ3v) is 6.79. The number of carbonyl (C=O) groups is 1. The number of allylic oxidation sites excluding steroid dienone is 1. The van der Waals surface area contributed by atoms with E-state index in [2.05, 4.69) is 4.74 Å². The molecule has 0 spiro atoms. The smallest absolute Gasteiger partial charge is 0.416 e. The van der Waals surface area contributed by atoms with Crippen molar-refractivity contribution in [1.82, 2.24) is 0 Å². The Labute approximate surface area is 225 Å². The van der Waals surface area contributed by atoms with Crippen LogP contribution in [0.2, 0.25) is 0 Å². The second-order valence-electron chi connectivity index (χ2n) is 9.71. The van der Waals surface area contributed by atoms with Gasteiger partial charge in [-0.3, -0.25) is 0 Å². The average molecular weight is 577 g/mol. The number of alkyl halides is 5. The highest BCUT2D eigenvalue weighted by molar-refractivity contribution is 5.90. The van der Waals surface area contributed by atoms with E-state index in [0.29, 0.717) is 25.3 Å². The molecule has 218 valence electrons. The zero-order chi connectivity index (χ0) is 29.1. The number of rotatable bonds is 7. The lowest BCUT2D eigenvalue weighted by molar-refractivity contribution is -0.224. The third kappa shape index (κ3) is 7.14. The summed E-state index contributed by atoms with van der Waals surface area (Å²) in [6.07, 6.45) is -6.81. The summed E-state index contributed by atoms with van der Waals surface area (Å²) in [5.41, 5.74) is -1.85. The molecule has 0 bridgehead atoms. The Kier molecular flexibility index (Phi) is 9.09. The lowest BCUT2D eigenvalue weighted by atomic mass is 9.86. The minimum absolute atomic E-state index is 0.0108. The zero-order valence-electron chi connectivity index (χ0n) is 21.4. The molecule has 0 aromatic heterocycles. The fraction of sp³-hybridized carbons (Fsp3) is 0.464. The van der Waals surface area contributed by atoms with E-state index in [0.717, 1.165) is 24.3 Å². The molecule has 0 N–H and O–H groups in total. The quantitative estimate of drug-likeness (QED) is 0.193. The summed E-state index contributed by atoms with van der Waals surface area (Å²) in [6, 6.07) is 4.76. The van der Waals surface area contributed by atoms with Crippen LogP contribution in [0.3, 0.4) is 0 Å². The molecule has 0 radical (unpaired) electrons. The summed E-state index contributed by atoms with van der Waals surface area (Å²) >= 11 is 0. The largest absolute Gasteiger partial charge is 0.459 e. The van der Waals surface area contributed by atoms with Gasteiger partial charge in [-0.15, -0.1) is 0 Å². The number of esters is 1. The fourth-order valence-corrected chi connectivity index (χ4v) is 4.70. The predicted molar refractivity (Wildman–Crippen MR) is 127 cm³/mol. The molecule has 1 heterocycles. The highest BCUT2D eigenvalue weighted by Gasteiger charge is 2.45. The van der Waals surface area contributed by atoms with E-state index >= 15 is 0 Å². The second kappa shape index (κ2) is 12.2. The Morgan fingerprint density at radius 2 is 1.50 bits per heavy atom. The van der Waals surface area contributed by atoms with Gasteiger partial charge in [0.1, 0.15) is 29.1 Å². The van der Waals surface area contributed by atoms with Crippen molar-refractivity contribution in [3.05, 3.63) is 76.9 Å². The lowest BCUT2D eigenvalue weighted by Crippen LogP contribution is -2.39. The van der Waals surface area contributed by atoms with Crippen LogP contribution in [-0.2, 0) is 20.4 Å². The predicted octanol–water partition coefficient (Wildman–Crippen LogP) is 7.61. The van der Waals surface area contributed by atoms with E-state index in [1.807, 2.05) is 19.1 Å². The lowest BCUT2D eigenvalue weighted by Gasteiger charge is -2.33. The van der Waals surface area contributed by atoms with Gasteiger partial charge in [0.15, 0.2) is 6.29 Å². The second-order valence-corrected chi connectivity index (χ2v) is 9.71. The van der Waals surface area contributed by atoms with Gasteiger partial charge in [0.2, 0.25) is 0 Å². The van der Waals surface area contributed by atoms with Crippen LogP contribution in [0.5, 0.6) is 5.75 Å². The van der Waals surface area contributed by atoms with E-state index < -0.39 is 65.1 Å². The Morgan fingerprint density at radius 1 is 0.925 bits per heavy atom. The van der Waals surface area contributed by atoms with Crippen molar-refractivity contribution in [2.24, 2.45) is 11.8 Å². The van der Waals surface area contributed by atoms with Crippen LogP contribution in [0.25, 0.3) is 0 Å². The highest BCUT2D eigenvalue weighted by Crippen LogP contribution is 2.40. The standard InChI is InChI=1S/C28H27F7O5/c1-2-3-16-14-37-26(38-15-16)17-12-22(29)24(23(30)13-17)25(36)39-20-8-6-19(7-9-20)28(34,35)40-21-10-4-18(5-11-21)27(31,32)33/h2-5,10-13,16,19-20,26H,6-9,14-15H2,1H3/b3-2+. The van der Waals surface area contributed by atoms with Crippen LogP contribution in [-0.4, -0.2) is 31.4 Å². The maximum atomic E-state index is 14.7. The molecule has 2 aromatic rings. The number of ether oxygens (including phenoxy) is 4. The first-order chi connectivity index (χ1) is 18.9. The number of hydrogen-bond acceptors (Lipinski definition) is 5. The van der Waals surface area contributed by atoms with Gasteiger partial charge in [0, 0.05) is 11.5 Å². The van der Waals surface area contributed by atoms with Gasteiger partial charge in [-0.25, -0.2) is 13.6 Å². The molecule has 0 amide bonds. The number of hydrogen-bond donors (Lipinski definition) is 0. The maximum Gasteiger partial charge on any atom is 0.416 e. The van der Waals surface area contributed by atoms with Crippen molar-refractivity contribution in [2.75, 3.05) is 13.2 Å². The number of benzene rings is 2. The molecule has 2 aliphatic rings. The molecule has 2 fully saturated rings. The Hall–Kier alpha value is -3.12. The summed E-state index contributed by atoms with van der Waals surface area (Å²) < 4.78 is 118. The van der Waals surface area contributed by atoms with Crippen LogP contribution in [0.15, 0.2) is 48.6 Å². The molecule has 0 unspecified atom stereocenters. The summed E-state index contributed by atoms with van der Waals surface area (Å²) in [6.45, 7) is 2.43. The normalized spacial score (nSPS) is 24.2. The van der Waals surface area contributed by atoms with Gasteiger partial charge in [0.25, 0.3) is 0 Å². The van der Waals surface area contributed by atoms with Gasteiger partial charge >= 0.3 is 18.3 Å². The zero-order valence-corrected chi connectivity index (χ0v) is 21.4. The first-order valence-corrected chi connectivity index (χ1v) is 12.7. The summed E-state index contributed by atoms with van der Waals surface area (Å²) in [5.74, 6) is -5.34. The highest BCUT2D eigenvalue weighted by atomic mass is 19.4. The fourth-order valence-electron chi connectivity index (χ4n) is 4.70. The maximum absolute atomic E-state index is 14.7. The summed E-state index contributed by atoms with van der Waals surface area (Å²) in [4.78, 5) is 12.5. The van der Waals surface area contributed by atoms with E-state index in [1.54, 1.807) is 0 Å². The molecule has 2 aromatic carbocycles. The van der Waals surface area contributed by atoms with Gasteiger partial charge in [0.05, 0.1) is 24.7 Å². The van der Waals surface area contributed by atoms with E-state index in [1.165, 1.54) is 0 Å². The molecule has 4 rings (SSSR count). The average Bonchev–Trinajstić information content (AvgIpc) is 2.89. The molecule has 1 saturated heterocycles. The summed E-state index contributed by atoms with van der Waals surface area (Å²) in [5, 5.41) is 0. The minimum Gasteiger partial charge on any atom is -0.459 e. The van der Waals surface area contributed by atoms with E-state index in [4.69, 9.17) is 14.2 Å². The van der Waals surface area contributed by atoms with Crippen molar-refractivity contribution in [3.8, 4) is 5.75 Å². The first kappa shape index (κ1) is 29.9. The molecule has 0 atom stereocenters. The molecule has 12 heteroatoms. The van der Waals surface area contributed by atoms with Crippen molar-refractivity contribution in [3.63, 3.8) is 0 Å². The van der Waals surface area contributed by atoms with Crippen molar-refractivity contribution < 1.29 is 54.5 Å². The SMILES string of the molecule is C/C=C/C1COC(c2cc(F)c(C(=O)OC3CCC(C(F)(F)Oc4ccc(C(F)(F)F)cc4)CC3)c(F)c2)OC1. The molecular weight excluding hydrogens is 549 g/mol. The van der Waals surface area contributed by atoms with Gasteiger partial charge < -0.3 is 18.9 Å². The van der Waals surface area contributed by atoms with Crippen LogP contribution < -0.4 is 4.74 Å². The molecule has 1 aliphatic carbocycles. The monoisotopic (exact) mass is 576 g/mol. The first-order valence-electron chi connectivity index (χ1n) is 12.7. The molecular formula is C28H27F7O5. The molecule has 5 nitrogen and oxygen atoms in total. The van der Waals surface area contributed by atoms with E-state index in [-0.39, 0.29) is 37.2 Å². The van der Waals surface area contributed by atoms with Gasteiger partial charge in [-0.05, 0) is 69.0 Å². The van der Waals surface area contributed by atoms with Crippen LogP contribution in [0.4, 0.5) is 30.7 Å². The van der Waals surface area contributed by atoms with Crippen molar-refractivity contribution in [1.29, 1.82) is 0 Å². The van der Waals surface area contributed by atoms with Crippen LogP contribution >= 0.6 is 0 Å². The summed E-state index contributed by atoms with van der Waals surface area (Å²) in [7, 11) is 0. The number of carbonyl (C=O) groups excluding carboxylic acids is 1. The Morgan fingerprint density at radius 3 is 2.02 bits per heavy atom. The van der Waals surface area contributed by atoms with Crippen molar-refractivity contribution in [2.45, 2.75) is 57.3 Å². The molecule has 1 aliphatic heterocycles. The van der Waals surface area contributed by atoms with Gasteiger partial charge in [-0.2, -0.15) is 22.0 Å². The Bertz CT molecular complexity index is 1170. The Balaban J connectivity index is 1.31. The van der Waals surface area contributed by atoms with Gasteiger partial charge in [-0.1, -0.05) is 12.2 Å². The number of halogens is 7. The van der Waals surface area contributed by atoms with Crippen LogP contribution in [0.1, 0.15) is 60.4 Å². The van der Waals surface area contributed by atoms with Crippen LogP contribution in [0, 0.1) is 23.5 Å². The van der Waals surface area contributed by atoms with E-state index in [9.17, 15) is 35.5 Å². The molecule has 40 heavy (non-hydrogen) atoms.